The molecule has 33 heavy (non-hydrogen) atoms. The van der Waals surface area contributed by atoms with Gasteiger partial charge in [-0.05, 0) is 24.1 Å². The van der Waals surface area contributed by atoms with Crippen LogP contribution >= 0.6 is 22.7 Å². The van der Waals surface area contributed by atoms with Crippen molar-refractivity contribution in [1.29, 1.82) is 0 Å². The topological polar surface area (TPSA) is 92.4 Å². The Labute approximate surface area is 202 Å². The number of anilines is 1. The summed E-state index contributed by atoms with van der Waals surface area (Å²) >= 11 is 3.16. The summed E-state index contributed by atoms with van der Waals surface area (Å²) in [6, 6.07) is 2.81. The highest BCUT2D eigenvalue weighted by Crippen LogP contribution is 2.31. The van der Waals surface area contributed by atoms with Gasteiger partial charge in [0.05, 0.1) is 21.9 Å². The fourth-order valence-corrected chi connectivity index (χ4v) is 6.17. The van der Waals surface area contributed by atoms with E-state index >= 15 is 0 Å². The van der Waals surface area contributed by atoms with Crippen LogP contribution in [-0.2, 0) is 23.0 Å². The fraction of sp³-hybridized carbons (Fsp3) is 0.455. The maximum atomic E-state index is 14.8. The Balaban J connectivity index is 1.55. The molecule has 1 aliphatic rings. The summed E-state index contributed by atoms with van der Waals surface area (Å²) < 4.78 is 38.6. The molecule has 0 spiro atoms. The number of sulfonamides is 1. The number of thiazole rings is 2. The van der Waals surface area contributed by atoms with Crippen LogP contribution in [0.15, 0.2) is 33.3 Å². The fourth-order valence-electron chi connectivity index (χ4n) is 4.15. The first-order chi connectivity index (χ1) is 15.6. The number of likely N-dealkylation sites (N-methyl/N-ethyl adjacent to an activating group) is 1. The lowest BCUT2D eigenvalue weighted by atomic mass is 10.1. The molecule has 3 aromatic rings. The first kappa shape index (κ1) is 24.2. The van der Waals surface area contributed by atoms with Gasteiger partial charge >= 0.3 is 0 Å². The van der Waals surface area contributed by atoms with Crippen molar-refractivity contribution in [1.82, 2.24) is 14.9 Å². The average molecular weight is 510 g/mol. The van der Waals surface area contributed by atoms with Crippen LogP contribution in [-0.4, -0.2) is 49.5 Å². The Hall–Kier alpha value is -1.92. The van der Waals surface area contributed by atoms with Crippen LogP contribution < -0.4 is 10.0 Å². The molecule has 0 bridgehead atoms. The number of aromatic nitrogens is 2. The summed E-state index contributed by atoms with van der Waals surface area (Å²) in [5.74, 6) is -0.410. The van der Waals surface area contributed by atoms with E-state index in [0.717, 1.165) is 42.5 Å². The summed E-state index contributed by atoms with van der Waals surface area (Å²) in [7, 11) is -2.24. The first-order valence-corrected chi connectivity index (χ1v) is 14.1. The number of benzene rings is 1. The normalized spacial score (nSPS) is 17.2. The van der Waals surface area contributed by atoms with E-state index in [4.69, 9.17) is 10.1 Å². The largest absolute Gasteiger partial charge is 0.370 e. The third-order valence-corrected chi connectivity index (χ3v) is 8.67. The van der Waals surface area contributed by atoms with Crippen molar-refractivity contribution in [2.45, 2.75) is 50.1 Å². The van der Waals surface area contributed by atoms with Crippen molar-refractivity contribution >= 4 is 38.4 Å². The molecular weight excluding hydrogens is 481 g/mol. The van der Waals surface area contributed by atoms with Crippen molar-refractivity contribution in [3.63, 3.8) is 0 Å². The zero-order valence-corrected chi connectivity index (χ0v) is 21.3. The summed E-state index contributed by atoms with van der Waals surface area (Å²) in [4.78, 5) is 13.0. The van der Waals surface area contributed by atoms with Crippen molar-refractivity contribution in [2.75, 3.05) is 25.0 Å². The van der Waals surface area contributed by atoms with E-state index in [1.165, 1.54) is 23.5 Å². The molecule has 1 aromatic carbocycles. The van der Waals surface area contributed by atoms with Gasteiger partial charge in [-0.2, -0.15) is 0 Å². The van der Waals surface area contributed by atoms with Gasteiger partial charge in [0.25, 0.3) is 0 Å². The lowest BCUT2D eigenvalue weighted by molar-refractivity contribution is 0.322. The van der Waals surface area contributed by atoms with Crippen LogP contribution in [0.3, 0.4) is 0 Å². The number of primary sulfonamides is 1. The van der Waals surface area contributed by atoms with Crippen molar-refractivity contribution in [3.8, 4) is 0 Å². The molecule has 178 valence electrons. The monoisotopic (exact) mass is 509 g/mol. The van der Waals surface area contributed by atoms with Gasteiger partial charge in [-0.15, -0.1) is 22.7 Å². The number of nitrogens with zero attached hydrogens (tertiary/aromatic N) is 4. The molecular formula is C22H28FN5O2S3. The summed E-state index contributed by atoms with van der Waals surface area (Å²) in [5.41, 5.74) is 4.96. The maximum absolute atomic E-state index is 14.8. The molecule has 1 aliphatic heterocycles. The highest BCUT2D eigenvalue weighted by Gasteiger charge is 2.29. The molecule has 1 fully saturated rings. The molecule has 0 aliphatic carbocycles. The van der Waals surface area contributed by atoms with E-state index in [-0.39, 0.29) is 6.04 Å². The summed E-state index contributed by atoms with van der Waals surface area (Å²) in [6.07, 6.45) is 1.32. The Morgan fingerprint density at radius 2 is 2.09 bits per heavy atom. The van der Waals surface area contributed by atoms with E-state index < -0.39 is 20.7 Å². The zero-order valence-electron chi connectivity index (χ0n) is 18.9. The van der Waals surface area contributed by atoms with E-state index in [0.29, 0.717) is 23.6 Å². The minimum atomic E-state index is -4.17. The molecule has 4 rings (SSSR count). The number of hydrogen-bond donors (Lipinski definition) is 1. The Bertz CT molecular complexity index is 1210. The number of rotatable bonds is 8. The molecule has 1 atom stereocenters. The zero-order chi connectivity index (χ0) is 23.8. The molecule has 11 heteroatoms. The van der Waals surface area contributed by atoms with Crippen molar-refractivity contribution in [3.05, 3.63) is 56.2 Å². The van der Waals surface area contributed by atoms with E-state index in [1.807, 2.05) is 12.4 Å². The number of likely N-dealkylation sites (tertiary alicyclic amines) is 1. The van der Waals surface area contributed by atoms with Gasteiger partial charge in [0.15, 0.2) is 0 Å². The van der Waals surface area contributed by atoms with E-state index in [1.54, 1.807) is 16.8 Å². The predicted molar refractivity (Wildman–Crippen MR) is 131 cm³/mol. The van der Waals surface area contributed by atoms with Crippen LogP contribution in [0.4, 0.5) is 10.1 Å². The molecule has 0 saturated carbocycles. The minimum absolute atomic E-state index is 0.169. The summed E-state index contributed by atoms with van der Waals surface area (Å²) in [6.45, 7) is 6.82. The van der Waals surface area contributed by atoms with Gasteiger partial charge in [0, 0.05) is 61.5 Å². The van der Waals surface area contributed by atoms with Crippen LogP contribution in [0.5, 0.6) is 0 Å². The SMILES string of the molecule is CC(C)c1nc(CN2CC[C@H](N(C)c3cc(F)c(S(N)(=O)=O)cc3Cc3cscn3)C2)cs1. The number of hydrogen-bond acceptors (Lipinski definition) is 8. The Morgan fingerprint density at radius 3 is 2.73 bits per heavy atom. The molecule has 7 nitrogen and oxygen atoms in total. The lowest BCUT2D eigenvalue weighted by Gasteiger charge is -2.29. The molecule has 2 N–H and O–H groups in total. The number of halogens is 1. The molecule has 0 amide bonds. The third-order valence-electron chi connectivity index (χ3n) is 5.92. The van der Waals surface area contributed by atoms with Gasteiger partial charge in [-0.1, -0.05) is 13.8 Å². The molecule has 0 radical (unpaired) electrons. The predicted octanol–water partition coefficient (Wildman–Crippen LogP) is 3.81. The highest BCUT2D eigenvalue weighted by molar-refractivity contribution is 7.89. The smallest absolute Gasteiger partial charge is 0.240 e. The second-order valence-corrected chi connectivity index (χ2v) is 11.9. The van der Waals surface area contributed by atoms with Gasteiger partial charge in [-0.25, -0.2) is 27.9 Å². The highest BCUT2D eigenvalue weighted by atomic mass is 32.2. The van der Waals surface area contributed by atoms with E-state index in [9.17, 15) is 12.8 Å². The van der Waals surface area contributed by atoms with Crippen LogP contribution in [0.25, 0.3) is 0 Å². The van der Waals surface area contributed by atoms with Crippen molar-refractivity contribution < 1.29 is 12.8 Å². The molecule has 2 aromatic heterocycles. The average Bonchev–Trinajstić information content (AvgIpc) is 3.50. The Morgan fingerprint density at radius 1 is 1.30 bits per heavy atom. The summed E-state index contributed by atoms with van der Waals surface area (Å²) in [5, 5.41) is 10.4. The number of nitrogens with two attached hydrogens (primary N) is 1. The maximum Gasteiger partial charge on any atom is 0.240 e. The van der Waals surface area contributed by atoms with Gasteiger partial charge < -0.3 is 4.90 Å². The van der Waals surface area contributed by atoms with Gasteiger partial charge in [-0.3, -0.25) is 4.90 Å². The molecule has 3 heterocycles. The van der Waals surface area contributed by atoms with Gasteiger partial charge in [0.1, 0.15) is 10.7 Å². The van der Waals surface area contributed by atoms with Crippen molar-refractivity contribution in [2.24, 2.45) is 5.14 Å². The van der Waals surface area contributed by atoms with Crippen LogP contribution in [0.1, 0.15) is 48.1 Å². The third kappa shape index (κ3) is 5.60. The standard InChI is InChI=1S/C22H28FN5O2S3/c1-14(2)22-26-17(12-32-22)9-28-5-4-18(10-28)27(3)20-8-19(23)21(33(24,29)30)7-15(20)6-16-11-31-13-25-16/h7-8,11-14,18H,4-6,9-10H2,1-3H3,(H2,24,29,30)/t18-/m0/s1. The minimum Gasteiger partial charge on any atom is -0.370 e. The van der Waals surface area contributed by atoms with Crippen LogP contribution in [0, 0.1) is 5.82 Å². The van der Waals surface area contributed by atoms with Gasteiger partial charge in [0.2, 0.25) is 10.0 Å². The Kier molecular flexibility index (Phi) is 7.15. The second kappa shape index (κ2) is 9.75. The van der Waals surface area contributed by atoms with Crippen LogP contribution in [0.2, 0.25) is 0 Å². The molecule has 1 saturated heterocycles. The molecule has 0 unspecified atom stereocenters. The first-order valence-electron chi connectivity index (χ1n) is 10.7. The lowest BCUT2D eigenvalue weighted by Crippen LogP contribution is -2.35. The quantitative estimate of drug-likeness (QED) is 0.496. The van der Waals surface area contributed by atoms with E-state index in [2.05, 4.69) is 34.0 Å². The second-order valence-electron chi connectivity index (χ2n) is 8.73.